The summed E-state index contributed by atoms with van der Waals surface area (Å²) in [5, 5.41) is 2.35. The molecular weight excluding hydrogens is 394 g/mol. The number of benzene rings is 1. The number of hydrogen-bond donors (Lipinski definition) is 1. The number of rotatable bonds is 6. The van der Waals surface area contributed by atoms with Crippen LogP contribution in [0, 0.1) is 0 Å². The van der Waals surface area contributed by atoms with Gasteiger partial charge in [0.1, 0.15) is 17.9 Å². The van der Waals surface area contributed by atoms with Crippen molar-refractivity contribution < 1.29 is 19.1 Å². The molecule has 0 spiro atoms. The number of fused-ring (bicyclic) bond motifs is 1. The first-order valence-corrected chi connectivity index (χ1v) is 11.7. The summed E-state index contributed by atoms with van der Waals surface area (Å²) in [5.41, 5.74) is 1.51. The molecule has 3 amide bonds. The zero-order chi connectivity index (χ0) is 22.0. The SMILES string of the molecule is CCN(CC)C1CCCCCC1Oc1ccc2c(c1)CN(C1CCC(=O)NC1=O)C2=O. The van der Waals surface area contributed by atoms with Gasteiger partial charge in [0.2, 0.25) is 11.8 Å². The molecule has 0 aromatic heterocycles. The smallest absolute Gasteiger partial charge is 0.255 e. The van der Waals surface area contributed by atoms with Crippen LogP contribution in [0.1, 0.15) is 74.7 Å². The summed E-state index contributed by atoms with van der Waals surface area (Å²) in [5.74, 6) is -0.00563. The van der Waals surface area contributed by atoms with Crippen LogP contribution in [0.5, 0.6) is 5.75 Å². The molecule has 4 rings (SSSR count). The molecule has 7 nitrogen and oxygen atoms in total. The van der Waals surface area contributed by atoms with Gasteiger partial charge in [0.25, 0.3) is 5.91 Å². The van der Waals surface area contributed by atoms with Gasteiger partial charge in [0.05, 0.1) is 0 Å². The number of likely N-dealkylation sites (N-methyl/N-ethyl adjacent to an activating group) is 1. The number of hydrogen-bond acceptors (Lipinski definition) is 5. The van der Waals surface area contributed by atoms with E-state index in [1.807, 2.05) is 18.2 Å². The number of carbonyl (C=O) groups is 3. The molecule has 3 unspecified atom stereocenters. The minimum absolute atomic E-state index is 0.142. The number of nitrogens with zero attached hydrogens (tertiary/aromatic N) is 2. The van der Waals surface area contributed by atoms with E-state index in [0.717, 1.165) is 37.2 Å². The van der Waals surface area contributed by atoms with E-state index in [0.29, 0.717) is 24.6 Å². The van der Waals surface area contributed by atoms with E-state index in [2.05, 4.69) is 24.1 Å². The second kappa shape index (κ2) is 9.39. The van der Waals surface area contributed by atoms with E-state index >= 15 is 0 Å². The largest absolute Gasteiger partial charge is 0.489 e. The normalized spacial score (nSPS) is 26.6. The summed E-state index contributed by atoms with van der Waals surface area (Å²) in [7, 11) is 0. The van der Waals surface area contributed by atoms with Gasteiger partial charge in [0, 0.05) is 24.6 Å². The summed E-state index contributed by atoms with van der Waals surface area (Å²) >= 11 is 0. The molecule has 3 aliphatic rings. The molecule has 7 heteroatoms. The fourth-order valence-corrected chi connectivity index (χ4v) is 5.30. The van der Waals surface area contributed by atoms with Crippen LogP contribution in [-0.4, -0.2) is 58.8 Å². The van der Waals surface area contributed by atoms with Gasteiger partial charge in [-0.2, -0.15) is 0 Å². The van der Waals surface area contributed by atoms with Crippen molar-refractivity contribution >= 4 is 17.7 Å². The molecule has 3 atom stereocenters. The minimum atomic E-state index is -0.587. The first-order chi connectivity index (χ1) is 15.0. The van der Waals surface area contributed by atoms with Crippen molar-refractivity contribution in [3.8, 4) is 5.75 Å². The minimum Gasteiger partial charge on any atom is -0.489 e. The van der Waals surface area contributed by atoms with Crippen LogP contribution in [0.15, 0.2) is 18.2 Å². The average molecular weight is 428 g/mol. The van der Waals surface area contributed by atoms with Crippen LogP contribution in [0.4, 0.5) is 0 Å². The molecule has 2 fully saturated rings. The molecule has 1 aliphatic carbocycles. The van der Waals surface area contributed by atoms with Gasteiger partial charge in [-0.15, -0.1) is 0 Å². The fourth-order valence-electron chi connectivity index (χ4n) is 5.30. The quantitative estimate of drug-likeness (QED) is 0.558. The van der Waals surface area contributed by atoms with E-state index in [1.54, 1.807) is 4.90 Å². The molecule has 1 aromatic rings. The van der Waals surface area contributed by atoms with Gasteiger partial charge in [-0.25, -0.2) is 0 Å². The molecule has 2 aliphatic heterocycles. The van der Waals surface area contributed by atoms with Crippen LogP contribution in [0.25, 0.3) is 0 Å². The highest BCUT2D eigenvalue weighted by atomic mass is 16.5. The van der Waals surface area contributed by atoms with Crippen molar-refractivity contribution in [3.63, 3.8) is 0 Å². The molecule has 0 bridgehead atoms. The van der Waals surface area contributed by atoms with Crippen LogP contribution in [-0.2, 0) is 16.1 Å². The molecule has 1 saturated carbocycles. The van der Waals surface area contributed by atoms with E-state index in [1.165, 1.54) is 19.3 Å². The van der Waals surface area contributed by atoms with Gasteiger partial charge >= 0.3 is 0 Å². The van der Waals surface area contributed by atoms with Crippen molar-refractivity contribution in [3.05, 3.63) is 29.3 Å². The molecule has 1 aromatic carbocycles. The van der Waals surface area contributed by atoms with E-state index in [4.69, 9.17) is 4.74 Å². The Balaban J connectivity index is 1.50. The maximum Gasteiger partial charge on any atom is 0.255 e. The van der Waals surface area contributed by atoms with Crippen LogP contribution in [0.3, 0.4) is 0 Å². The monoisotopic (exact) mass is 427 g/mol. The Morgan fingerprint density at radius 3 is 2.58 bits per heavy atom. The lowest BCUT2D eigenvalue weighted by molar-refractivity contribution is -0.136. The third-order valence-electron chi connectivity index (χ3n) is 6.98. The van der Waals surface area contributed by atoms with Gasteiger partial charge in [-0.1, -0.05) is 26.7 Å². The average Bonchev–Trinajstić information content (AvgIpc) is 2.91. The molecule has 168 valence electrons. The fraction of sp³-hybridized carbons (Fsp3) is 0.625. The van der Waals surface area contributed by atoms with Crippen molar-refractivity contribution in [2.45, 2.75) is 83.5 Å². The highest BCUT2D eigenvalue weighted by Gasteiger charge is 2.39. The molecule has 0 radical (unpaired) electrons. The first kappa shape index (κ1) is 21.8. The molecule has 1 saturated heterocycles. The van der Waals surface area contributed by atoms with Gasteiger partial charge in [0.15, 0.2) is 0 Å². The van der Waals surface area contributed by atoms with Crippen LogP contribution in [0.2, 0.25) is 0 Å². The number of nitrogens with one attached hydrogen (secondary N) is 1. The Labute approximate surface area is 184 Å². The molecule has 31 heavy (non-hydrogen) atoms. The second-order valence-corrected chi connectivity index (χ2v) is 8.80. The standard InChI is InChI=1S/C24H33N3O4/c1-3-26(4-2)19-8-6-5-7-9-21(19)31-17-10-11-18-16(14-17)15-27(24(18)30)20-12-13-22(28)25-23(20)29/h10-11,14,19-21H,3-9,12-13,15H2,1-2H3,(H,25,28,29). The second-order valence-electron chi connectivity index (χ2n) is 8.80. The number of amides is 3. The lowest BCUT2D eigenvalue weighted by Crippen LogP contribution is -2.52. The Kier molecular flexibility index (Phi) is 6.60. The summed E-state index contributed by atoms with van der Waals surface area (Å²) in [6.45, 7) is 6.81. The zero-order valence-electron chi connectivity index (χ0n) is 18.6. The maximum absolute atomic E-state index is 12.9. The predicted octanol–water partition coefficient (Wildman–Crippen LogP) is 2.87. The number of carbonyl (C=O) groups excluding carboxylic acids is 3. The van der Waals surface area contributed by atoms with Gasteiger partial charge < -0.3 is 9.64 Å². The lowest BCUT2D eigenvalue weighted by Gasteiger charge is -2.35. The maximum atomic E-state index is 12.9. The topological polar surface area (TPSA) is 79.0 Å². The number of piperidine rings is 1. The highest BCUT2D eigenvalue weighted by molar-refractivity contribution is 6.05. The third kappa shape index (κ3) is 4.47. The Hall–Kier alpha value is -2.41. The van der Waals surface area contributed by atoms with Gasteiger partial charge in [-0.3, -0.25) is 24.6 Å². The van der Waals surface area contributed by atoms with Crippen LogP contribution < -0.4 is 10.1 Å². The Morgan fingerprint density at radius 2 is 1.84 bits per heavy atom. The van der Waals surface area contributed by atoms with E-state index < -0.39 is 6.04 Å². The van der Waals surface area contributed by atoms with Crippen molar-refractivity contribution in [2.24, 2.45) is 0 Å². The Morgan fingerprint density at radius 1 is 1.06 bits per heavy atom. The van der Waals surface area contributed by atoms with Crippen molar-refractivity contribution in [1.82, 2.24) is 15.1 Å². The highest BCUT2D eigenvalue weighted by Crippen LogP contribution is 2.32. The van der Waals surface area contributed by atoms with Gasteiger partial charge in [-0.05, 0) is 62.5 Å². The first-order valence-electron chi connectivity index (χ1n) is 11.7. The van der Waals surface area contributed by atoms with Crippen molar-refractivity contribution in [1.29, 1.82) is 0 Å². The summed E-state index contributed by atoms with van der Waals surface area (Å²) in [6, 6.07) is 5.49. The van der Waals surface area contributed by atoms with Crippen LogP contribution >= 0.6 is 0 Å². The number of ether oxygens (including phenoxy) is 1. The predicted molar refractivity (Wildman–Crippen MR) is 117 cm³/mol. The lowest BCUT2D eigenvalue weighted by atomic mass is 10.0. The third-order valence-corrected chi connectivity index (χ3v) is 6.98. The summed E-state index contributed by atoms with van der Waals surface area (Å²) in [6.07, 6.45) is 6.63. The molecular formula is C24H33N3O4. The van der Waals surface area contributed by atoms with Crippen molar-refractivity contribution in [2.75, 3.05) is 13.1 Å². The van der Waals surface area contributed by atoms with E-state index in [-0.39, 0.29) is 30.2 Å². The molecule has 1 N–H and O–H groups in total. The molecule has 2 heterocycles. The number of imide groups is 1. The summed E-state index contributed by atoms with van der Waals surface area (Å²) in [4.78, 5) is 40.7. The summed E-state index contributed by atoms with van der Waals surface area (Å²) < 4.78 is 6.51. The zero-order valence-corrected chi connectivity index (χ0v) is 18.6. The van der Waals surface area contributed by atoms with E-state index in [9.17, 15) is 14.4 Å². The Bertz CT molecular complexity index is 851.